The molecule has 3 rings (SSSR count). The second kappa shape index (κ2) is 7.07. The Labute approximate surface area is 143 Å². The van der Waals surface area contributed by atoms with Crippen LogP contribution in [0.4, 0.5) is 0 Å². The van der Waals surface area contributed by atoms with Gasteiger partial charge in [-0.3, -0.25) is 9.48 Å². The molecule has 0 atom stereocenters. The fourth-order valence-electron chi connectivity index (χ4n) is 3.41. The van der Waals surface area contributed by atoms with Crippen molar-refractivity contribution in [1.82, 2.24) is 14.7 Å². The largest absolute Gasteiger partial charge is 0.497 e. The Kier molecular flexibility index (Phi) is 4.88. The molecule has 5 nitrogen and oxygen atoms in total. The molecule has 1 fully saturated rings. The second-order valence-corrected chi connectivity index (χ2v) is 6.48. The lowest BCUT2D eigenvalue weighted by Gasteiger charge is -2.31. The van der Waals surface area contributed by atoms with E-state index in [9.17, 15) is 4.79 Å². The fraction of sp³-hybridized carbons (Fsp3) is 0.474. The average molecular weight is 327 g/mol. The number of hydrogen-bond acceptors (Lipinski definition) is 3. The van der Waals surface area contributed by atoms with Gasteiger partial charge in [-0.15, -0.1) is 0 Å². The Morgan fingerprint density at radius 2 is 2.00 bits per heavy atom. The molecule has 2 aromatic rings. The van der Waals surface area contributed by atoms with E-state index < -0.39 is 0 Å². The number of ether oxygens (including phenoxy) is 1. The highest BCUT2D eigenvalue weighted by molar-refractivity contribution is 5.93. The van der Waals surface area contributed by atoms with Crippen molar-refractivity contribution >= 4 is 5.91 Å². The molecule has 0 spiro atoms. The molecule has 24 heavy (non-hydrogen) atoms. The van der Waals surface area contributed by atoms with Gasteiger partial charge in [-0.05, 0) is 31.0 Å². The van der Waals surface area contributed by atoms with E-state index in [0.717, 1.165) is 29.8 Å². The van der Waals surface area contributed by atoms with Crippen LogP contribution in [0.1, 0.15) is 42.6 Å². The fourth-order valence-corrected chi connectivity index (χ4v) is 3.41. The van der Waals surface area contributed by atoms with Crippen molar-refractivity contribution in [3.8, 4) is 17.0 Å². The Hall–Kier alpha value is -2.30. The van der Waals surface area contributed by atoms with Gasteiger partial charge >= 0.3 is 0 Å². The summed E-state index contributed by atoms with van der Waals surface area (Å²) < 4.78 is 6.95. The van der Waals surface area contributed by atoms with Gasteiger partial charge in [-0.25, -0.2) is 0 Å². The van der Waals surface area contributed by atoms with Gasteiger partial charge in [0.1, 0.15) is 11.4 Å². The van der Waals surface area contributed by atoms with Gasteiger partial charge in [-0.2, -0.15) is 5.10 Å². The van der Waals surface area contributed by atoms with Crippen molar-refractivity contribution in [3.63, 3.8) is 0 Å². The highest BCUT2D eigenvalue weighted by Crippen LogP contribution is 2.26. The maximum absolute atomic E-state index is 12.9. The molecule has 0 aliphatic heterocycles. The molecule has 0 N–H and O–H groups in total. The summed E-state index contributed by atoms with van der Waals surface area (Å²) in [5, 5.41) is 4.52. The maximum Gasteiger partial charge on any atom is 0.272 e. The first-order valence-electron chi connectivity index (χ1n) is 8.56. The molecular formula is C19H25N3O2. The molecule has 1 amide bonds. The minimum atomic E-state index is 0.0473. The first kappa shape index (κ1) is 16.6. The molecule has 0 unspecified atom stereocenters. The van der Waals surface area contributed by atoms with Gasteiger partial charge < -0.3 is 9.64 Å². The zero-order valence-electron chi connectivity index (χ0n) is 14.7. The lowest BCUT2D eigenvalue weighted by molar-refractivity contribution is 0.0685. The normalized spacial score (nSPS) is 15.3. The van der Waals surface area contributed by atoms with E-state index in [-0.39, 0.29) is 5.91 Å². The van der Waals surface area contributed by atoms with Crippen molar-refractivity contribution in [2.24, 2.45) is 7.05 Å². The molecule has 0 saturated heterocycles. The number of hydrogen-bond donors (Lipinski definition) is 0. The van der Waals surface area contributed by atoms with E-state index >= 15 is 0 Å². The van der Waals surface area contributed by atoms with Crippen molar-refractivity contribution in [1.29, 1.82) is 0 Å². The summed E-state index contributed by atoms with van der Waals surface area (Å²) in [6.07, 6.45) is 5.90. The highest BCUT2D eigenvalue weighted by Gasteiger charge is 2.25. The third-order valence-corrected chi connectivity index (χ3v) is 4.91. The molecule has 1 aliphatic carbocycles. The third kappa shape index (κ3) is 3.30. The monoisotopic (exact) mass is 327 g/mol. The second-order valence-electron chi connectivity index (χ2n) is 6.48. The number of benzene rings is 1. The molecule has 1 aromatic carbocycles. The predicted molar refractivity (Wildman–Crippen MR) is 94.2 cm³/mol. The summed E-state index contributed by atoms with van der Waals surface area (Å²) in [5.41, 5.74) is 2.36. The van der Waals surface area contributed by atoms with Crippen molar-refractivity contribution < 1.29 is 9.53 Å². The van der Waals surface area contributed by atoms with Crippen LogP contribution in [0, 0.1) is 0 Å². The molecule has 1 aromatic heterocycles. The van der Waals surface area contributed by atoms with Crippen LogP contribution < -0.4 is 4.74 Å². The summed E-state index contributed by atoms with van der Waals surface area (Å²) in [7, 11) is 5.38. The van der Waals surface area contributed by atoms with Gasteiger partial charge in [0, 0.05) is 25.7 Å². The van der Waals surface area contributed by atoms with Crippen LogP contribution in [0.3, 0.4) is 0 Å². The Balaban J connectivity index is 1.83. The summed E-state index contributed by atoms with van der Waals surface area (Å²) in [4.78, 5) is 14.8. The summed E-state index contributed by atoms with van der Waals surface area (Å²) in [5.74, 6) is 0.830. The summed E-state index contributed by atoms with van der Waals surface area (Å²) in [6.45, 7) is 0. The van der Waals surface area contributed by atoms with E-state index in [1.54, 1.807) is 11.8 Å². The SMILES string of the molecule is COc1cccc(-c2cc(C(=O)N(C)C3CCCCC3)n(C)n2)c1. The van der Waals surface area contributed by atoms with E-state index in [0.29, 0.717) is 11.7 Å². The molecule has 1 aliphatic rings. The van der Waals surface area contributed by atoms with Crippen LogP contribution in [0.15, 0.2) is 30.3 Å². The van der Waals surface area contributed by atoms with Gasteiger partial charge in [0.15, 0.2) is 0 Å². The van der Waals surface area contributed by atoms with Crippen molar-refractivity contribution in [2.45, 2.75) is 38.1 Å². The van der Waals surface area contributed by atoms with Crippen LogP contribution in [-0.2, 0) is 7.05 Å². The lowest BCUT2D eigenvalue weighted by Crippen LogP contribution is -2.39. The number of carbonyl (C=O) groups excluding carboxylic acids is 1. The highest BCUT2D eigenvalue weighted by atomic mass is 16.5. The Morgan fingerprint density at radius 3 is 2.71 bits per heavy atom. The first-order chi connectivity index (χ1) is 11.6. The minimum absolute atomic E-state index is 0.0473. The number of rotatable bonds is 4. The molecule has 128 valence electrons. The van der Waals surface area contributed by atoms with Gasteiger partial charge in [0.2, 0.25) is 0 Å². The number of nitrogens with zero attached hydrogens (tertiary/aromatic N) is 3. The third-order valence-electron chi connectivity index (χ3n) is 4.91. The van der Waals surface area contributed by atoms with Gasteiger partial charge in [0.05, 0.1) is 12.8 Å². The zero-order chi connectivity index (χ0) is 17.1. The molecule has 5 heteroatoms. The number of aromatic nitrogens is 2. The quantitative estimate of drug-likeness (QED) is 0.863. The van der Waals surface area contributed by atoms with E-state index in [1.165, 1.54) is 19.3 Å². The predicted octanol–water partition coefficient (Wildman–Crippen LogP) is 3.50. The van der Waals surface area contributed by atoms with E-state index in [2.05, 4.69) is 5.10 Å². The number of amides is 1. The first-order valence-corrected chi connectivity index (χ1v) is 8.56. The molecular weight excluding hydrogens is 302 g/mol. The Bertz CT molecular complexity index is 717. The van der Waals surface area contributed by atoms with Gasteiger partial charge in [-0.1, -0.05) is 31.4 Å². The van der Waals surface area contributed by atoms with E-state index in [1.807, 2.05) is 49.3 Å². The smallest absolute Gasteiger partial charge is 0.272 e. The van der Waals surface area contributed by atoms with Crippen LogP contribution in [0.2, 0.25) is 0 Å². The van der Waals surface area contributed by atoms with Gasteiger partial charge in [0.25, 0.3) is 5.91 Å². The van der Waals surface area contributed by atoms with Crippen molar-refractivity contribution in [3.05, 3.63) is 36.0 Å². The molecule has 0 bridgehead atoms. The molecule has 1 saturated carbocycles. The number of carbonyl (C=O) groups is 1. The zero-order valence-corrected chi connectivity index (χ0v) is 14.7. The van der Waals surface area contributed by atoms with Crippen LogP contribution in [-0.4, -0.2) is 40.8 Å². The molecule has 1 heterocycles. The average Bonchev–Trinajstić information content (AvgIpc) is 3.03. The maximum atomic E-state index is 12.9. The van der Waals surface area contributed by atoms with Crippen LogP contribution >= 0.6 is 0 Å². The summed E-state index contributed by atoms with van der Waals surface area (Å²) in [6, 6.07) is 9.96. The van der Waals surface area contributed by atoms with Crippen molar-refractivity contribution in [2.75, 3.05) is 14.2 Å². The number of aryl methyl sites for hydroxylation is 1. The molecule has 0 radical (unpaired) electrons. The number of methoxy groups -OCH3 is 1. The standard InChI is InChI=1S/C19H25N3O2/c1-21(15-9-5-4-6-10-15)19(23)18-13-17(20-22(18)2)14-8-7-11-16(12-14)24-3/h7-8,11-13,15H,4-6,9-10H2,1-3H3. The minimum Gasteiger partial charge on any atom is -0.497 e. The van der Waals surface area contributed by atoms with Crippen LogP contribution in [0.5, 0.6) is 5.75 Å². The Morgan fingerprint density at radius 1 is 1.25 bits per heavy atom. The van der Waals surface area contributed by atoms with E-state index in [4.69, 9.17) is 4.74 Å². The van der Waals surface area contributed by atoms with Crippen LogP contribution in [0.25, 0.3) is 11.3 Å². The topological polar surface area (TPSA) is 47.4 Å². The lowest BCUT2D eigenvalue weighted by atomic mass is 9.94. The summed E-state index contributed by atoms with van der Waals surface area (Å²) >= 11 is 0.